The van der Waals surface area contributed by atoms with E-state index in [1.807, 2.05) is 0 Å². The maximum absolute atomic E-state index is 12.8. The molecule has 0 aromatic heterocycles. The number of nitrogens with one attached hydrogen (secondary N) is 1. The van der Waals surface area contributed by atoms with Crippen molar-refractivity contribution in [1.29, 1.82) is 0 Å². The Morgan fingerprint density at radius 3 is 1.92 bits per heavy atom. The quantitative estimate of drug-likeness (QED) is 0.782. The number of nitrogens with zero attached hydrogens (tertiary/aromatic N) is 2. The van der Waals surface area contributed by atoms with Crippen molar-refractivity contribution in [3.05, 3.63) is 24.3 Å². The van der Waals surface area contributed by atoms with Crippen LogP contribution in [0.3, 0.4) is 0 Å². The summed E-state index contributed by atoms with van der Waals surface area (Å²) in [6.45, 7) is 6.49. The molecule has 140 valence electrons. The molecule has 1 saturated carbocycles. The van der Waals surface area contributed by atoms with Crippen molar-refractivity contribution in [3.8, 4) is 0 Å². The van der Waals surface area contributed by atoms with E-state index in [1.165, 1.54) is 28.6 Å². The van der Waals surface area contributed by atoms with E-state index in [0.717, 1.165) is 12.8 Å². The zero-order chi connectivity index (χ0) is 18.2. The van der Waals surface area contributed by atoms with Crippen molar-refractivity contribution in [3.63, 3.8) is 0 Å². The Morgan fingerprint density at radius 2 is 1.44 bits per heavy atom. The fourth-order valence-corrected chi connectivity index (χ4v) is 5.62. The van der Waals surface area contributed by atoms with Gasteiger partial charge in [0, 0.05) is 38.3 Å². The lowest BCUT2D eigenvalue weighted by Crippen LogP contribution is -2.50. The Balaban J connectivity index is 1.73. The van der Waals surface area contributed by atoms with Gasteiger partial charge in [-0.1, -0.05) is 0 Å². The SMILES string of the molecule is CC(C)N1CCN(S(=O)(=O)c2ccc(S(=O)(=O)NC3CC3)cc2)CC1. The number of rotatable bonds is 6. The van der Waals surface area contributed by atoms with E-state index >= 15 is 0 Å². The molecule has 7 nitrogen and oxygen atoms in total. The normalized spacial score (nSPS) is 20.9. The van der Waals surface area contributed by atoms with E-state index in [1.54, 1.807) is 0 Å². The first-order valence-corrected chi connectivity index (χ1v) is 11.5. The average molecular weight is 388 g/mol. The molecule has 2 aliphatic rings. The molecule has 0 spiro atoms. The molecular formula is C16H25N3O4S2. The van der Waals surface area contributed by atoms with Crippen LogP contribution in [0.1, 0.15) is 26.7 Å². The number of benzene rings is 1. The second kappa shape index (κ2) is 6.96. The maximum atomic E-state index is 12.8. The molecule has 1 aliphatic carbocycles. The summed E-state index contributed by atoms with van der Waals surface area (Å²) in [6.07, 6.45) is 1.71. The third-order valence-electron chi connectivity index (χ3n) is 4.67. The van der Waals surface area contributed by atoms with Gasteiger partial charge in [-0.15, -0.1) is 0 Å². The van der Waals surface area contributed by atoms with E-state index in [2.05, 4.69) is 23.5 Å². The largest absolute Gasteiger partial charge is 0.298 e. The highest BCUT2D eigenvalue weighted by molar-refractivity contribution is 7.89. The Labute approximate surface area is 150 Å². The second-order valence-corrected chi connectivity index (χ2v) is 10.6. The average Bonchev–Trinajstić information content (AvgIpc) is 3.38. The minimum Gasteiger partial charge on any atom is -0.298 e. The predicted molar refractivity (Wildman–Crippen MR) is 95.3 cm³/mol. The molecule has 25 heavy (non-hydrogen) atoms. The number of hydrogen-bond donors (Lipinski definition) is 1. The zero-order valence-electron chi connectivity index (χ0n) is 14.6. The molecule has 3 rings (SSSR count). The van der Waals surface area contributed by atoms with Crippen molar-refractivity contribution < 1.29 is 16.8 Å². The lowest BCUT2D eigenvalue weighted by atomic mass is 10.3. The van der Waals surface area contributed by atoms with Crippen LogP contribution >= 0.6 is 0 Å². The summed E-state index contributed by atoms with van der Waals surface area (Å²) < 4.78 is 53.9. The molecule has 2 fully saturated rings. The molecule has 0 unspecified atom stereocenters. The summed E-state index contributed by atoms with van der Waals surface area (Å²) in [7, 11) is -7.16. The lowest BCUT2D eigenvalue weighted by Gasteiger charge is -2.36. The Hall–Kier alpha value is -1.00. The Morgan fingerprint density at radius 1 is 0.920 bits per heavy atom. The smallest absolute Gasteiger partial charge is 0.243 e. The minimum atomic E-state index is -3.59. The summed E-state index contributed by atoms with van der Waals surface area (Å²) in [6, 6.07) is 5.90. The Kier molecular flexibility index (Phi) is 5.23. The number of piperazine rings is 1. The standard InChI is InChI=1S/C16H25N3O4S2/c1-13(2)18-9-11-19(12-10-18)25(22,23)16-7-5-15(6-8-16)24(20,21)17-14-3-4-14/h5-8,13-14,17H,3-4,9-12H2,1-2H3. The van der Waals surface area contributed by atoms with Gasteiger partial charge in [0.25, 0.3) is 0 Å². The van der Waals surface area contributed by atoms with Crippen molar-refractivity contribution in [2.75, 3.05) is 26.2 Å². The number of sulfonamides is 2. The fourth-order valence-electron chi connectivity index (χ4n) is 2.89. The van der Waals surface area contributed by atoms with Crippen molar-refractivity contribution in [1.82, 2.24) is 13.9 Å². The highest BCUT2D eigenvalue weighted by Gasteiger charge is 2.31. The van der Waals surface area contributed by atoms with Crippen LogP contribution in [-0.2, 0) is 20.0 Å². The van der Waals surface area contributed by atoms with E-state index in [-0.39, 0.29) is 15.8 Å². The molecule has 1 saturated heterocycles. The monoisotopic (exact) mass is 387 g/mol. The predicted octanol–water partition coefficient (Wildman–Crippen LogP) is 0.842. The molecule has 1 aliphatic heterocycles. The van der Waals surface area contributed by atoms with Crippen LogP contribution in [0.15, 0.2) is 34.1 Å². The van der Waals surface area contributed by atoms with E-state index in [0.29, 0.717) is 32.2 Å². The summed E-state index contributed by atoms with van der Waals surface area (Å²) in [5.74, 6) is 0. The summed E-state index contributed by atoms with van der Waals surface area (Å²) >= 11 is 0. The van der Waals surface area contributed by atoms with Gasteiger partial charge in [-0.3, -0.25) is 4.90 Å². The van der Waals surface area contributed by atoms with E-state index < -0.39 is 20.0 Å². The highest BCUT2D eigenvalue weighted by Crippen LogP contribution is 2.24. The lowest BCUT2D eigenvalue weighted by molar-refractivity contribution is 0.154. The van der Waals surface area contributed by atoms with E-state index in [9.17, 15) is 16.8 Å². The molecule has 1 aromatic carbocycles. The van der Waals surface area contributed by atoms with Gasteiger partial charge in [-0.25, -0.2) is 21.6 Å². The molecule has 1 heterocycles. The van der Waals surface area contributed by atoms with E-state index in [4.69, 9.17) is 0 Å². The Bertz CT molecular complexity index is 807. The summed E-state index contributed by atoms with van der Waals surface area (Å²) in [4.78, 5) is 2.48. The molecule has 1 aromatic rings. The van der Waals surface area contributed by atoms with Gasteiger partial charge in [0.05, 0.1) is 9.79 Å². The minimum absolute atomic E-state index is 0.0191. The molecule has 0 atom stereocenters. The van der Waals surface area contributed by atoms with Crippen molar-refractivity contribution >= 4 is 20.0 Å². The van der Waals surface area contributed by atoms with Gasteiger partial charge in [-0.05, 0) is 51.0 Å². The van der Waals surface area contributed by atoms with Gasteiger partial charge in [-0.2, -0.15) is 4.31 Å². The summed E-state index contributed by atoms with van der Waals surface area (Å²) in [5, 5.41) is 0. The van der Waals surface area contributed by atoms with Crippen LogP contribution in [0.5, 0.6) is 0 Å². The first kappa shape index (κ1) is 18.8. The van der Waals surface area contributed by atoms with Gasteiger partial charge >= 0.3 is 0 Å². The van der Waals surface area contributed by atoms with Crippen molar-refractivity contribution in [2.45, 2.75) is 48.6 Å². The van der Waals surface area contributed by atoms with Crippen LogP contribution in [0, 0.1) is 0 Å². The van der Waals surface area contributed by atoms with Crippen LogP contribution in [-0.4, -0.2) is 64.3 Å². The van der Waals surface area contributed by atoms with Crippen molar-refractivity contribution in [2.24, 2.45) is 0 Å². The molecule has 9 heteroatoms. The first-order valence-electron chi connectivity index (χ1n) is 8.57. The third kappa shape index (κ3) is 4.22. The molecule has 0 bridgehead atoms. The van der Waals surface area contributed by atoms with Crippen LogP contribution in [0.2, 0.25) is 0 Å². The molecule has 0 amide bonds. The summed E-state index contributed by atoms with van der Waals surface area (Å²) in [5.41, 5.74) is 0. The van der Waals surface area contributed by atoms with Crippen LogP contribution < -0.4 is 4.72 Å². The number of hydrogen-bond acceptors (Lipinski definition) is 5. The van der Waals surface area contributed by atoms with Crippen LogP contribution in [0.4, 0.5) is 0 Å². The highest BCUT2D eigenvalue weighted by atomic mass is 32.2. The molecule has 0 radical (unpaired) electrons. The zero-order valence-corrected chi connectivity index (χ0v) is 16.2. The topological polar surface area (TPSA) is 86.8 Å². The maximum Gasteiger partial charge on any atom is 0.243 e. The van der Waals surface area contributed by atoms with Gasteiger partial charge < -0.3 is 0 Å². The third-order valence-corrected chi connectivity index (χ3v) is 8.12. The second-order valence-electron chi connectivity index (χ2n) is 6.90. The first-order chi connectivity index (χ1) is 11.7. The fraction of sp³-hybridized carbons (Fsp3) is 0.625. The van der Waals surface area contributed by atoms with Gasteiger partial charge in [0.1, 0.15) is 0 Å². The molecular weight excluding hydrogens is 362 g/mol. The van der Waals surface area contributed by atoms with Gasteiger partial charge in [0.2, 0.25) is 20.0 Å². The van der Waals surface area contributed by atoms with Crippen LogP contribution in [0.25, 0.3) is 0 Å². The van der Waals surface area contributed by atoms with Gasteiger partial charge in [0.15, 0.2) is 0 Å². The molecule has 1 N–H and O–H groups in total.